The SMILES string of the molecule is CC(NC1CCNC1=O)C1CCC1. The summed E-state index contributed by atoms with van der Waals surface area (Å²) in [6.45, 7) is 3.04. The minimum absolute atomic E-state index is 0.0793. The molecular weight excluding hydrogens is 164 g/mol. The first-order chi connectivity index (χ1) is 6.27. The summed E-state index contributed by atoms with van der Waals surface area (Å²) in [5.74, 6) is 1.000. The van der Waals surface area contributed by atoms with Crippen molar-refractivity contribution in [2.75, 3.05) is 6.54 Å². The highest BCUT2D eigenvalue weighted by atomic mass is 16.2. The normalized spacial score (nSPS) is 31.2. The number of carbonyl (C=O) groups excluding carboxylic acids is 1. The van der Waals surface area contributed by atoms with E-state index in [0.717, 1.165) is 18.9 Å². The molecule has 2 fully saturated rings. The molecule has 1 aliphatic heterocycles. The van der Waals surface area contributed by atoms with Crippen LogP contribution in [0.2, 0.25) is 0 Å². The molecule has 1 aliphatic carbocycles. The highest BCUT2D eigenvalue weighted by molar-refractivity contribution is 5.83. The Labute approximate surface area is 79.3 Å². The molecule has 1 saturated heterocycles. The Morgan fingerprint density at radius 2 is 2.23 bits per heavy atom. The van der Waals surface area contributed by atoms with Crippen LogP contribution in [0.3, 0.4) is 0 Å². The molecule has 74 valence electrons. The van der Waals surface area contributed by atoms with Crippen LogP contribution < -0.4 is 10.6 Å². The molecule has 3 heteroatoms. The number of nitrogens with one attached hydrogen (secondary N) is 2. The summed E-state index contributed by atoms with van der Waals surface area (Å²) in [4.78, 5) is 11.3. The molecule has 2 rings (SSSR count). The summed E-state index contributed by atoms with van der Waals surface area (Å²) in [6.07, 6.45) is 4.99. The Kier molecular flexibility index (Phi) is 2.54. The number of amides is 1. The molecule has 0 bridgehead atoms. The van der Waals surface area contributed by atoms with Gasteiger partial charge in [-0.05, 0) is 32.1 Å². The van der Waals surface area contributed by atoms with E-state index >= 15 is 0 Å². The van der Waals surface area contributed by atoms with Crippen LogP contribution in [0.5, 0.6) is 0 Å². The molecule has 2 aliphatic rings. The fourth-order valence-corrected chi connectivity index (χ4v) is 2.15. The van der Waals surface area contributed by atoms with E-state index < -0.39 is 0 Å². The number of hydrogen-bond donors (Lipinski definition) is 2. The van der Waals surface area contributed by atoms with Gasteiger partial charge in [-0.15, -0.1) is 0 Å². The topological polar surface area (TPSA) is 41.1 Å². The smallest absolute Gasteiger partial charge is 0.237 e. The van der Waals surface area contributed by atoms with Gasteiger partial charge in [0.05, 0.1) is 6.04 Å². The van der Waals surface area contributed by atoms with E-state index in [-0.39, 0.29) is 11.9 Å². The Balaban J connectivity index is 1.79. The Morgan fingerprint density at radius 1 is 1.46 bits per heavy atom. The highest BCUT2D eigenvalue weighted by Gasteiger charge is 2.30. The average Bonchev–Trinajstić information content (AvgIpc) is 2.32. The lowest BCUT2D eigenvalue weighted by Crippen LogP contribution is -2.46. The van der Waals surface area contributed by atoms with Gasteiger partial charge in [-0.25, -0.2) is 0 Å². The Hall–Kier alpha value is -0.570. The molecule has 1 heterocycles. The molecule has 1 amide bonds. The summed E-state index contributed by atoms with van der Waals surface area (Å²) in [6, 6.07) is 0.596. The third-order valence-corrected chi connectivity index (χ3v) is 3.37. The van der Waals surface area contributed by atoms with E-state index in [1.165, 1.54) is 19.3 Å². The second-order valence-corrected chi connectivity index (χ2v) is 4.28. The van der Waals surface area contributed by atoms with Crippen LogP contribution in [0.15, 0.2) is 0 Å². The van der Waals surface area contributed by atoms with Gasteiger partial charge in [0.1, 0.15) is 0 Å². The van der Waals surface area contributed by atoms with Gasteiger partial charge in [-0.3, -0.25) is 4.79 Å². The molecule has 0 radical (unpaired) electrons. The van der Waals surface area contributed by atoms with Gasteiger partial charge in [0.15, 0.2) is 0 Å². The number of hydrogen-bond acceptors (Lipinski definition) is 2. The largest absolute Gasteiger partial charge is 0.355 e. The minimum Gasteiger partial charge on any atom is -0.355 e. The number of carbonyl (C=O) groups is 1. The van der Waals surface area contributed by atoms with Gasteiger partial charge in [-0.1, -0.05) is 6.42 Å². The predicted octanol–water partition coefficient (Wildman–Crippen LogP) is 0.653. The maximum absolute atomic E-state index is 11.3. The van der Waals surface area contributed by atoms with Crippen LogP contribution >= 0.6 is 0 Å². The van der Waals surface area contributed by atoms with Crippen LogP contribution in [0.4, 0.5) is 0 Å². The first kappa shape index (κ1) is 9.00. The molecule has 0 aromatic carbocycles. The van der Waals surface area contributed by atoms with Crippen LogP contribution in [0, 0.1) is 5.92 Å². The lowest BCUT2D eigenvalue weighted by molar-refractivity contribution is -0.121. The quantitative estimate of drug-likeness (QED) is 0.673. The first-order valence-electron chi connectivity index (χ1n) is 5.31. The lowest BCUT2D eigenvalue weighted by atomic mass is 9.80. The van der Waals surface area contributed by atoms with Crippen molar-refractivity contribution < 1.29 is 4.79 Å². The maximum Gasteiger partial charge on any atom is 0.237 e. The second-order valence-electron chi connectivity index (χ2n) is 4.28. The molecule has 3 nitrogen and oxygen atoms in total. The molecule has 13 heavy (non-hydrogen) atoms. The van der Waals surface area contributed by atoms with Gasteiger partial charge >= 0.3 is 0 Å². The molecule has 1 saturated carbocycles. The third kappa shape index (κ3) is 1.85. The molecule has 0 aromatic heterocycles. The predicted molar refractivity (Wildman–Crippen MR) is 51.4 cm³/mol. The molecule has 0 spiro atoms. The van der Waals surface area contributed by atoms with Crippen molar-refractivity contribution in [2.45, 2.75) is 44.7 Å². The zero-order valence-electron chi connectivity index (χ0n) is 8.18. The van der Waals surface area contributed by atoms with E-state index in [9.17, 15) is 4.79 Å². The summed E-state index contributed by atoms with van der Waals surface area (Å²) in [5, 5.41) is 6.27. The van der Waals surface area contributed by atoms with Gasteiger partial charge < -0.3 is 10.6 Å². The highest BCUT2D eigenvalue weighted by Crippen LogP contribution is 2.29. The van der Waals surface area contributed by atoms with Gasteiger partial charge in [0.25, 0.3) is 0 Å². The third-order valence-electron chi connectivity index (χ3n) is 3.37. The first-order valence-corrected chi connectivity index (χ1v) is 5.31. The van der Waals surface area contributed by atoms with Gasteiger partial charge in [0, 0.05) is 12.6 Å². The molecular formula is C10H18N2O. The van der Waals surface area contributed by atoms with Crippen LogP contribution in [0.1, 0.15) is 32.6 Å². The molecule has 2 unspecified atom stereocenters. The Bertz CT molecular complexity index is 201. The van der Waals surface area contributed by atoms with Crippen molar-refractivity contribution in [1.29, 1.82) is 0 Å². The van der Waals surface area contributed by atoms with Crippen molar-refractivity contribution in [3.63, 3.8) is 0 Å². The summed E-state index contributed by atoms with van der Waals surface area (Å²) >= 11 is 0. The lowest BCUT2D eigenvalue weighted by Gasteiger charge is -2.33. The van der Waals surface area contributed by atoms with Crippen LogP contribution in [0.25, 0.3) is 0 Å². The van der Waals surface area contributed by atoms with E-state index in [0.29, 0.717) is 6.04 Å². The fourth-order valence-electron chi connectivity index (χ4n) is 2.15. The minimum atomic E-state index is 0.0793. The molecule has 0 aromatic rings. The van der Waals surface area contributed by atoms with E-state index in [1.807, 2.05) is 0 Å². The van der Waals surface area contributed by atoms with E-state index in [1.54, 1.807) is 0 Å². The van der Waals surface area contributed by atoms with Gasteiger partial charge in [-0.2, -0.15) is 0 Å². The number of rotatable bonds is 3. The van der Waals surface area contributed by atoms with Crippen LogP contribution in [-0.4, -0.2) is 24.5 Å². The van der Waals surface area contributed by atoms with E-state index in [2.05, 4.69) is 17.6 Å². The standard InChI is InChI=1S/C10H18N2O/c1-7(8-3-2-4-8)12-9-5-6-11-10(9)13/h7-9,12H,2-6H2,1H3,(H,11,13). The van der Waals surface area contributed by atoms with Crippen molar-refractivity contribution in [3.05, 3.63) is 0 Å². The van der Waals surface area contributed by atoms with Crippen molar-refractivity contribution in [2.24, 2.45) is 5.92 Å². The zero-order valence-corrected chi connectivity index (χ0v) is 8.18. The van der Waals surface area contributed by atoms with Crippen LogP contribution in [-0.2, 0) is 4.79 Å². The zero-order chi connectivity index (χ0) is 9.26. The van der Waals surface area contributed by atoms with Gasteiger partial charge in [0.2, 0.25) is 5.91 Å². The van der Waals surface area contributed by atoms with E-state index in [4.69, 9.17) is 0 Å². The summed E-state index contributed by atoms with van der Waals surface area (Å²) < 4.78 is 0. The summed E-state index contributed by atoms with van der Waals surface area (Å²) in [5.41, 5.74) is 0. The average molecular weight is 182 g/mol. The second kappa shape index (κ2) is 3.66. The van der Waals surface area contributed by atoms with Crippen molar-refractivity contribution >= 4 is 5.91 Å². The monoisotopic (exact) mass is 182 g/mol. The van der Waals surface area contributed by atoms with Crippen molar-refractivity contribution in [1.82, 2.24) is 10.6 Å². The fraction of sp³-hybridized carbons (Fsp3) is 0.900. The molecule has 2 N–H and O–H groups in total. The summed E-state index contributed by atoms with van der Waals surface area (Å²) in [7, 11) is 0. The molecule has 2 atom stereocenters. The maximum atomic E-state index is 11.3. The Morgan fingerprint density at radius 3 is 2.69 bits per heavy atom. The van der Waals surface area contributed by atoms with Crippen molar-refractivity contribution in [3.8, 4) is 0 Å².